The van der Waals surface area contributed by atoms with Crippen LogP contribution in [-0.4, -0.2) is 68.1 Å². The van der Waals surface area contributed by atoms with Crippen molar-refractivity contribution in [3.63, 3.8) is 0 Å². The number of carbonyl (C=O) groups excluding carboxylic acids is 1. The van der Waals surface area contributed by atoms with Crippen molar-refractivity contribution >= 4 is 5.91 Å². The molecule has 2 aliphatic heterocycles. The Labute approximate surface area is 138 Å². The molecule has 3 rings (SSSR count). The Kier molecular flexibility index (Phi) is 5.18. The van der Waals surface area contributed by atoms with Crippen molar-refractivity contribution < 1.29 is 9.53 Å². The van der Waals surface area contributed by atoms with Crippen molar-refractivity contribution in [2.24, 2.45) is 0 Å². The topological polar surface area (TPSA) is 44.8 Å². The molecule has 2 fully saturated rings. The van der Waals surface area contributed by atoms with Gasteiger partial charge in [-0.2, -0.15) is 0 Å². The number of rotatable bonds is 4. The van der Waals surface area contributed by atoms with Gasteiger partial charge in [-0.15, -0.1) is 0 Å². The highest BCUT2D eigenvalue weighted by atomic mass is 16.5. The molecule has 1 atom stereocenters. The Hall–Kier alpha value is -1.59. The highest BCUT2D eigenvalue weighted by Gasteiger charge is 2.31. The van der Waals surface area contributed by atoms with E-state index in [2.05, 4.69) is 16.3 Å². The molecule has 0 aromatic heterocycles. The molecule has 5 nitrogen and oxygen atoms in total. The SMILES string of the molecule is COc1ccc(C)cc1CC(=O)N1CCC(N2CCNCC2)C1. The maximum absolute atomic E-state index is 12.7. The summed E-state index contributed by atoms with van der Waals surface area (Å²) >= 11 is 0. The molecule has 0 spiro atoms. The van der Waals surface area contributed by atoms with E-state index >= 15 is 0 Å². The van der Waals surface area contributed by atoms with Crippen LogP contribution < -0.4 is 10.1 Å². The van der Waals surface area contributed by atoms with E-state index in [1.165, 1.54) is 0 Å². The largest absolute Gasteiger partial charge is 0.496 e. The van der Waals surface area contributed by atoms with Gasteiger partial charge in [0.15, 0.2) is 0 Å². The van der Waals surface area contributed by atoms with Crippen LogP contribution in [0.15, 0.2) is 18.2 Å². The van der Waals surface area contributed by atoms with Crippen molar-refractivity contribution in [3.8, 4) is 5.75 Å². The highest BCUT2D eigenvalue weighted by Crippen LogP contribution is 2.23. The Balaban J connectivity index is 1.60. The first-order chi connectivity index (χ1) is 11.2. The molecule has 1 aromatic carbocycles. The van der Waals surface area contributed by atoms with Crippen LogP contribution in [0, 0.1) is 6.92 Å². The van der Waals surface area contributed by atoms with Crippen LogP contribution in [0.25, 0.3) is 0 Å². The molecule has 2 saturated heterocycles. The summed E-state index contributed by atoms with van der Waals surface area (Å²) in [7, 11) is 1.66. The maximum atomic E-state index is 12.7. The van der Waals surface area contributed by atoms with Crippen LogP contribution in [0.5, 0.6) is 5.75 Å². The molecule has 0 radical (unpaired) electrons. The number of benzene rings is 1. The fraction of sp³-hybridized carbons (Fsp3) is 0.611. The van der Waals surface area contributed by atoms with Gasteiger partial charge in [-0.05, 0) is 19.4 Å². The van der Waals surface area contributed by atoms with Crippen LogP contribution >= 0.6 is 0 Å². The van der Waals surface area contributed by atoms with E-state index in [-0.39, 0.29) is 5.91 Å². The molecular weight excluding hydrogens is 290 g/mol. The van der Waals surface area contributed by atoms with Gasteiger partial charge in [-0.1, -0.05) is 17.7 Å². The standard InChI is InChI=1S/C18H27N3O2/c1-14-3-4-17(23-2)15(11-14)12-18(22)21-8-5-16(13-21)20-9-6-19-7-10-20/h3-4,11,16,19H,5-10,12-13H2,1-2H3. The highest BCUT2D eigenvalue weighted by molar-refractivity contribution is 5.80. The zero-order valence-corrected chi connectivity index (χ0v) is 14.2. The molecule has 126 valence electrons. The number of nitrogens with zero attached hydrogens (tertiary/aromatic N) is 2. The zero-order chi connectivity index (χ0) is 16.2. The predicted molar refractivity (Wildman–Crippen MR) is 90.9 cm³/mol. The number of hydrogen-bond donors (Lipinski definition) is 1. The number of hydrogen-bond acceptors (Lipinski definition) is 4. The first-order valence-corrected chi connectivity index (χ1v) is 8.53. The van der Waals surface area contributed by atoms with E-state index in [1.54, 1.807) is 7.11 Å². The number of nitrogens with one attached hydrogen (secondary N) is 1. The molecule has 0 aliphatic carbocycles. The number of carbonyl (C=O) groups is 1. The van der Waals surface area contributed by atoms with Gasteiger partial charge >= 0.3 is 0 Å². The Morgan fingerprint density at radius 1 is 1.30 bits per heavy atom. The lowest BCUT2D eigenvalue weighted by molar-refractivity contribution is -0.129. The lowest BCUT2D eigenvalue weighted by Gasteiger charge is -2.32. The number of piperazine rings is 1. The van der Waals surface area contributed by atoms with Gasteiger partial charge in [0.25, 0.3) is 0 Å². The molecule has 1 unspecified atom stereocenters. The molecule has 1 aromatic rings. The summed E-state index contributed by atoms with van der Waals surface area (Å²) in [6.45, 7) is 8.10. The van der Waals surface area contributed by atoms with Gasteiger partial charge < -0.3 is 15.0 Å². The summed E-state index contributed by atoms with van der Waals surface area (Å²) in [5.41, 5.74) is 2.15. The van der Waals surface area contributed by atoms with Crippen molar-refractivity contribution in [2.75, 3.05) is 46.4 Å². The number of methoxy groups -OCH3 is 1. The molecule has 1 amide bonds. The van der Waals surface area contributed by atoms with Crippen LogP contribution in [-0.2, 0) is 11.2 Å². The number of amides is 1. The Bertz CT molecular complexity index is 555. The van der Waals surface area contributed by atoms with Gasteiger partial charge in [0.05, 0.1) is 13.5 Å². The average Bonchev–Trinajstić information content (AvgIpc) is 3.06. The van der Waals surface area contributed by atoms with Gasteiger partial charge in [0.1, 0.15) is 5.75 Å². The van der Waals surface area contributed by atoms with Gasteiger partial charge in [-0.3, -0.25) is 9.69 Å². The molecule has 0 bridgehead atoms. The van der Waals surface area contributed by atoms with E-state index in [9.17, 15) is 4.79 Å². The van der Waals surface area contributed by atoms with Crippen molar-refractivity contribution in [3.05, 3.63) is 29.3 Å². The van der Waals surface area contributed by atoms with Crippen LogP contribution in [0.3, 0.4) is 0 Å². The van der Waals surface area contributed by atoms with E-state index < -0.39 is 0 Å². The minimum Gasteiger partial charge on any atom is -0.496 e. The van der Waals surface area contributed by atoms with Crippen LogP contribution in [0.4, 0.5) is 0 Å². The van der Waals surface area contributed by atoms with Crippen molar-refractivity contribution in [1.82, 2.24) is 15.1 Å². The zero-order valence-electron chi connectivity index (χ0n) is 14.2. The fourth-order valence-corrected chi connectivity index (χ4v) is 3.63. The summed E-state index contributed by atoms with van der Waals surface area (Å²) in [5.74, 6) is 1.02. The lowest BCUT2D eigenvalue weighted by atomic mass is 10.1. The number of likely N-dealkylation sites (tertiary alicyclic amines) is 1. The summed E-state index contributed by atoms with van der Waals surface area (Å²) < 4.78 is 5.39. The van der Waals surface area contributed by atoms with E-state index in [4.69, 9.17) is 4.74 Å². The normalized spacial score (nSPS) is 22.3. The third kappa shape index (κ3) is 3.85. The van der Waals surface area contributed by atoms with Crippen molar-refractivity contribution in [2.45, 2.75) is 25.8 Å². The Morgan fingerprint density at radius 2 is 2.09 bits per heavy atom. The summed E-state index contributed by atoms with van der Waals surface area (Å²) in [6, 6.07) is 6.55. The molecule has 2 heterocycles. The average molecular weight is 317 g/mol. The maximum Gasteiger partial charge on any atom is 0.227 e. The van der Waals surface area contributed by atoms with Crippen molar-refractivity contribution in [1.29, 1.82) is 0 Å². The summed E-state index contributed by atoms with van der Waals surface area (Å²) in [4.78, 5) is 17.2. The lowest BCUT2D eigenvalue weighted by Crippen LogP contribution is -2.49. The smallest absolute Gasteiger partial charge is 0.227 e. The predicted octanol–water partition coefficient (Wildman–Crippen LogP) is 1.05. The first-order valence-electron chi connectivity index (χ1n) is 8.53. The van der Waals surface area contributed by atoms with Crippen LogP contribution in [0.2, 0.25) is 0 Å². The van der Waals surface area contributed by atoms with Crippen LogP contribution in [0.1, 0.15) is 17.5 Å². The minimum absolute atomic E-state index is 0.214. The second kappa shape index (κ2) is 7.32. The minimum atomic E-state index is 0.214. The Morgan fingerprint density at radius 3 is 2.83 bits per heavy atom. The fourth-order valence-electron chi connectivity index (χ4n) is 3.63. The van der Waals surface area contributed by atoms with E-state index in [1.807, 2.05) is 24.0 Å². The third-order valence-corrected chi connectivity index (χ3v) is 4.96. The second-order valence-electron chi connectivity index (χ2n) is 6.56. The molecule has 2 aliphatic rings. The summed E-state index contributed by atoms with van der Waals surface area (Å²) in [5, 5.41) is 3.39. The van der Waals surface area contributed by atoms with E-state index in [0.29, 0.717) is 12.5 Å². The monoisotopic (exact) mass is 317 g/mol. The summed E-state index contributed by atoms with van der Waals surface area (Å²) in [6.07, 6.45) is 1.52. The second-order valence-corrected chi connectivity index (χ2v) is 6.56. The number of aryl methyl sites for hydroxylation is 1. The van der Waals surface area contributed by atoms with Gasteiger partial charge in [0.2, 0.25) is 5.91 Å². The molecule has 0 saturated carbocycles. The molecule has 5 heteroatoms. The number of ether oxygens (including phenoxy) is 1. The molecular formula is C18H27N3O2. The van der Waals surface area contributed by atoms with E-state index in [0.717, 1.165) is 62.6 Å². The quantitative estimate of drug-likeness (QED) is 0.902. The van der Waals surface area contributed by atoms with Gasteiger partial charge in [-0.25, -0.2) is 0 Å². The first kappa shape index (κ1) is 16.3. The molecule has 23 heavy (non-hydrogen) atoms. The third-order valence-electron chi connectivity index (χ3n) is 4.96. The molecule has 1 N–H and O–H groups in total. The van der Waals surface area contributed by atoms with Gasteiger partial charge in [0, 0.05) is 50.9 Å².